The zero-order chi connectivity index (χ0) is 49.5. The van der Waals surface area contributed by atoms with Gasteiger partial charge in [0.2, 0.25) is 0 Å². The molecule has 2 unspecified atom stereocenters. The van der Waals surface area contributed by atoms with Gasteiger partial charge >= 0.3 is 19.8 Å². The fourth-order valence-corrected chi connectivity index (χ4v) is 8.78. The monoisotopic (exact) mass is 976 g/mol. The predicted molar refractivity (Wildman–Crippen MR) is 289 cm³/mol. The number of carbonyl (C=O) groups is 2. The Hall–Kier alpha value is -2.29. The summed E-state index contributed by atoms with van der Waals surface area (Å²) in [5, 5.41) is 0. The Morgan fingerprint density at radius 3 is 1.21 bits per heavy atom. The third kappa shape index (κ3) is 53.1. The third-order valence-corrected chi connectivity index (χ3v) is 13.2. The number of unbranched alkanes of at least 4 members (excludes halogenated alkanes) is 30. The Bertz CT molecular complexity index is 1300. The first kappa shape index (κ1) is 65.7. The average Bonchev–Trinajstić information content (AvgIpc) is 3.33. The molecule has 0 saturated carbocycles. The zero-order valence-corrected chi connectivity index (χ0v) is 45.0. The molecule has 0 saturated heterocycles. The molecular weight excluding hydrogens is 870 g/mol. The van der Waals surface area contributed by atoms with E-state index in [1.54, 1.807) is 0 Å². The normalized spacial score (nSPS) is 13.5. The van der Waals surface area contributed by atoms with Gasteiger partial charge in [-0.05, 0) is 57.8 Å². The van der Waals surface area contributed by atoms with Gasteiger partial charge in [0.15, 0.2) is 6.10 Å². The highest BCUT2D eigenvalue weighted by Crippen LogP contribution is 2.43. The summed E-state index contributed by atoms with van der Waals surface area (Å²) in [5.74, 6) is -0.817. The van der Waals surface area contributed by atoms with Crippen molar-refractivity contribution in [3.63, 3.8) is 0 Å². The van der Waals surface area contributed by atoms with E-state index in [2.05, 4.69) is 74.6 Å². The van der Waals surface area contributed by atoms with E-state index < -0.39 is 26.5 Å². The van der Waals surface area contributed by atoms with Crippen LogP contribution in [-0.4, -0.2) is 49.3 Å². The molecule has 0 aliphatic rings. The van der Waals surface area contributed by atoms with Crippen molar-refractivity contribution in [2.45, 2.75) is 270 Å². The molecule has 2 atom stereocenters. The van der Waals surface area contributed by atoms with Crippen molar-refractivity contribution in [1.29, 1.82) is 0 Å². The van der Waals surface area contributed by atoms with E-state index in [0.717, 1.165) is 70.6 Å². The molecule has 0 fully saturated rings. The lowest BCUT2D eigenvalue weighted by Gasteiger charge is -2.19. The molecule has 68 heavy (non-hydrogen) atoms. The minimum atomic E-state index is -4.38. The maximum absolute atomic E-state index is 12.7. The van der Waals surface area contributed by atoms with Crippen LogP contribution in [0, 0.1) is 0 Å². The van der Waals surface area contributed by atoms with Crippen LogP contribution in [0.3, 0.4) is 0 Å². The smallest absolute Gasteiger partial charge is 0.462 e. The van der Waals surface area contributed by atoms with Gasteiger partial charge < -0.3 is 20.1 Å². The number of rotatable bonds is 53. The fraction of sp³-hybridized carbons (Fsp3) is 0.793. The molecule has 0 amide bonds. The molecule has 10 heteroatoms. The number of esters is 2. The lowest BCUT2D eigenvalue weighted by molar-refractivity contribution is -0.161. The third-order valence-electron chi connectivity index (χ3n) is 12.2. The molecule has 0 rings (SSSR count). The summed E-state index contributed by atoms with van der Waals surface area (Å²) in [6.45, 7) is 3.66. The fourth-order valence-electron chi connectivity index (χ4n) is 8.02. The summed E-state index contributed by atoms with van der Waals surface area (Å²) in [5.41, 5.74) is 5.37. The quantitative estimate of drug-likeness (QED) is 0.0264. The Morgan fingerprint density at radius 1 is 0.456 bits per heavy atom. The maximum Gasteiger partial charge on any atom is 0.472 e. The largest absolute Gasteiger partial charge is 0.472 e. The summed E-state index contributed by atoms with van der Waals surface area (Å²) in [4.78, 5) is 35.1. The first-order chi connectivity index (χ1) is 33.3. The number of hydrogen-bond donors (Lipinski definition) is 2. The average molecular weight is 976 g/mol. The molecular formula is C58H106NO8P. The summed E-state index contributed by atoms with van der Waals surface area (Å²) in [6.07, 6.45) is 67.1. The van der Waals surface area contributed by atoms with Gasteiger partial charge in [-0.3, -0.25) is 18.6 Å². The second-order valence-electron chi connectivity index (χ2n) is 18.8. The summed E-state index contributed by atoms with van der Waals surface area (Å²) >= 11 is 0. The molecule has 0 aromatic carbocycles. The van der Waals surface area contributed by atoms with Crippen molar-refractivity contribution >= 4 is 19.8 Å². The van der Waals surface area contributed by atoms with Crippen LogP contribution in [-0.2, 0) is 32.7 Å². The minimum Gasteiger partial charge on any atom is -0.462 e. The number of phosphoric ester groups is 1. The molecule has 0 aliphatic carbocycles. The molecule has 0 radical (unpaired) electrons. The van der Waals surface area contributed by atoms with Gasteiger partial charge in [0.25, 0.3) is 0 Å². The van der Waals surface area contributed by atoms with E-state index in [-0.39, 0.29) is 38.6 Å². The topological polar surface area (TPSA) is 134 Å². The highest BCUT2D eigenvalue weighted by Gasteiger charge is 2.26. The lowest BCUT2D eigenvalue weighted by Crippen LogP contribution is -2.29. The van der Waals surface area contributed by atoms with E-state index >= 15 is 0 Å². The van der Waals surface area contributed by atoms with Gasteiger partial charge in [-0.25, -0.2) is 4.57 Å². The van der Waals surface area contributed by atoms with Crippen LogP contribution in [0.15, 0.2) is 60.8 Å². The first-order valence-electron chi connectivity index (χ1n) is 28.3. The van der Waals surface area contributed by atoms with E-state index in [9.17, 15) is 19.0 Å². The van der Waals surface area contributed by atoms with Crippen LogP contribution < -0.4 is 5.73 Å². The Labute approximate surface area is 419 Å². The van der Waals surface area contributed by atoms with Crippen LogP contribution in [0.4, 0.5) is 0 Å². The van der Waals surface area contributed by atoms with Crippen molar-refractivity contribution in [2.24, 2.45) is 5.73 Å². The van der Waals surface area contributed by atoms with Gasteiger partial charge in [-0.2, -0.15) is 0 Å². The van der Waals surface area contributed by atoms with Crippen LogP contribution in [0.2, 0.25) is 0 Å². The van der Waals surface area contributed by atoms with Gasteiger partial charge in [0.1, 0.15) is 6.61 Å². The number of allylic oxidation sites excluding steroid dienone is 10. The molecule has 0 spiro atoms. The number of nitrogens with two attached hydrogens (primary N) is 1. The molecule has 3 N–H and O–H groups in total. The molecule has 0 aromatic rings. The Kier molecular flexibility index (Phi) is 52.2. The maximum atomic E-state index is 12.7. The molecule has 0 bridgehead atoms. The molecule has 0 aromatic heterocycles. The van der Waals surface area contributed by atoms with Gasteiger partial charge in [-0.15, -0.1) is 0 Å². The van der Waals surface area contributed by atoms with Crippen LogP contribution >= 0.6 is 7.82 Å². The minimum absolute atomic E-state index is 0.0543. The highest BCUT2D eigenvalue weighted by atomic mass is 31.2. The Morgan fingerprint density at radius 2 is 0.809 bits per heavy atom. The molecule has 0 aliphatic heterocycles. The summed E-state index contributed by atoms with van der Waals surface area (Å²) < 4.78 is 33.0. The standard InChI is InChI=1S/C58H106NO8P/c1-3-5-7-9-11-13-15-17-19-20-21-22-23-24-25-26-27-28-29-30-31-32-33-34-35-36-37-39-41-43-45-47-49-51-58(61)67-56(55-66-68(62,63)65-53-52-59)54-64-57(60)50-48-46-44-42-40-38-18-16-14-12-10-8-6-4-2/h5,7,11,13,17,19,21-22,24-25,56H,3-4,6,8-10,12,14-16,18,20,23,26-55,59H2,1-2H3,(H,62,63)/b7-5-,13-11-,19-17-,22-21-,25-24-. The Balaban J connectivity index is 3.88. The van der Waals surface area contributed by atoms with Crippen LogP contribution in [0.1, 0.15) is 264 Å². The summed E-state index contributed by atoms with van der Waals surface area (Å²) in [7, 11) is -4.38. The number of carbonyl (C=O) groups excluding carboxylic acids is 2. The van der Waals surface area contributed by atoms with E-state index in [4.69, 9.17) is 24.3 Å². The van der Waals surface area contributed by atoms with E-state index in [1.165, 1.54) is 161 Å². The van der Waals surface area contributed by atoms with Crippen molar-refractivity contribution < 1.29 is 37.6 Å². The van der Waals surface area contributed by atoms with Crippen molar-refractivity contribution in [2.75, 3.05) is 26.4 Å². The SMILES string of the molecule is CC/C=C\C/C=C\C/C=C\C/C=C\C/C=C\CCCCCCCCCCCCCCCCCCCC(=O)OC(COC(=O)CCCCCCCCCCCCCCCC)COP(=O)(O)OCCN. The van der Waals surface area contributed by atoms with Gasteiger partial charge in [-0.1, -0.05) is 254 Å². The van der Waals surface area contributed by atoms with Crippen LogP contribution in [0.5, 0.6) is 0 Å². The van der Waals surface area contributed by atoms with Crippen molar-refractivity contribution in [3.05, 3.63) is 60.8 Å². The predicted octanol–water partition coefficient (Wildman–Crippen LogP) is 17.6. The van der Waals surface area contributed by atoms with E-state index in [1.807, 2.05) is 0 Å². The highest BCUT2D eigenvalue weighted by molar-refractivity contribution is 7.47. The number of phosphoric acid groups is 1. The molecule has 0 heterocycles. The second kappa shape index (κ2) is 54.1. The zero-order valence-electron chi connectivity index (χ0n) is 44.1. The number of ether oxygens (including phenoxy) is 2. The number of hydrogen-bond acceptors (Lipinski definition) is 8. The molecule has 396 valence electrons. The molecule has 9 nitrogen and oxygen atoms in total. The van der Waals surface area contributed by atoms with E-state index in [0.29, 0.717) is 6.42 Å². The van der Waals surface area contributed by atoms with Crippen molar-refractivity contribution in [3.8, 4) is 0 Å². The van der Waals surface area contributed by atoms with Crippen molar-refractivity contribution in [1.82, 2.24) is 0 Å². The van der Waals surface area contributed by atoms with Gasteiger partial charge in [0, 0.05) is 19.4 Å². The second-order valence-corrected chi connectivity index (χ2v) is 20.2. The van der Waals surface area contributed by atoms with Gasteiger partial charge in [0.05, 0.1) is 13.2 Å². The van der Waals surface area contributed by atoms with Crippen LogP contribution in [0.25, 0.3) is 0 Å². The lowest BCUT2D eigenvalue weighted by atomic mass is 10.0. The first-order valence-corrected chi connectivity index (χ1v) is 29.8. The summed E-state index contributed by atoms with van der Waals surface area (Å²) in [6, 6.07) is 0.